The van der Waals surface area contributed by atoms with Crippen LogP contribution in [0, 0.1) is 5.92 Å². The maximum absolute atomic E-state index is 11.8. The molecule has 1 fully saturated rings. The molecule has 4 heteroatoms. The highest BCUT2D eigenvalue weighted by atomic mass is 16.2. The van der Waals surface area contributed by atoms with Crippen LogP contribution in [0.15, 0.2) is 0 Å². The Morgan fingerprint density at radius 3 is 2.35 bits per heavy atom. The first-order chi connectivity index (χ1) is 7.78. The average Bonchev–Trinajstić information content (AvgIpc) is 2.15. The van der Waals surface area contributed by atoms with Gasteiger partial charge in [0.15, 0.2) is 0 Å². The lowest BCUT2D eigenvalue weighted by Crippen LogP contribution is -2.48. The quantitative estimate of drug-likeness (QED) is 0.774. The van der Waals surface area contributed by atoms with Gasteiger partial charge in [0, 0.05) is 11.6 Å². The molecule has 0 aliphatic carbocycles. The van der Waals surface area contributed by atoms with Crippen LogP contribution < -0.4 is 11.1 Å². The van der Waals surface area contributed by atoms with E-state index < -0.39 is 0 Å². The molecule has 0 spiro atoms. The first kappa shape index (κ1) is 14.5. The number of carbonyl (C=O) groups is 1. The number of nitrogens with zero attached hydrogens (tertiary/aromatic N) is 1. The molecule has 1 atom stereocenters. The normalized spacial score (nSPS) is 21.2. The molecule has 1 amide bonds. The van der Waals surface area contributed by atoms with E-state index in [-0.39, 0.29) is 17.5 Å². The first-order valence-electron chi connectivity index (χ1n) is 6.57. The fourth-order valence-corrected chi connectivity index (χ4v) is 2.30. The number of piperidine rings is 1. The lowest BCUT2D eigenvalue weighted by Gasteiger charge is -2.33. The van der Waals surface area contributed by atoms with Crippen molar-refractivity contribution in [3.63, 3.8) is 0 Å². The van der Waals surface area contributed by atoms with Crippen LogP contribution in [0.25, 0.3) is 0 Å². The van der Waals surface area contributed by atoms with Gasteiger partial charge in [-0.15, -0.1) is 0 Å². The minimum Gasteiger partial charge on any atom is -0.350 e. The Labute approximate surface area is 105 Å². The number of hydrogen-bond acceptors (Lipinski definition) is 3. The predicted octanol–water partition coefficient (Wildman–Crippen LogP) is 0.960. The zero-order valence-corrected chi connectivity index (χ0v) is 11.6. The second kappa shape index (κ2) is 5.83. The molecule has 0 saturated carbocycles. The van der Waals surface area contributed by atoms with Gasteiger partial charge < -0.3 is 11.1 Å². The molecular weight excluding hydrogens is 214 g/mol. The molecule has 1 saturated heterocycles. The number of nitrogens with one attached hydrogen (secondary N) is 1. The highest BCUT2D eigenvalue weighted by Gasteiger charge is 2.23. The zero-order valence-electron chi connectivity index (χ0n) is 11.6. The summed E-state index contributed by atoms with van der Waals surface area (Å²) >= 11 is 0. The van der Waals surface area contributed by atoms with Crippen molar-refractivity contribution in [2.75, 3.05) is 19.6 Å². The average molecular weight is 241 g/mol. The summed E-state index contributed by atoms with van der Waals surface area (Å²) in [6, 6.07) is 0.278. The van der Waals surface area contributed by atoms with Gasteiger partial charge in [-0.25, -0.2) is 0 Å². The summed E-state index contributed by atoms with van der Waals surface area (Å²) in [5.74, 6) is 0.744. The number of rotatable bonds is 3. The SMILES string of the molecule is CC(N)C1CCN(CC(=O)NC(C)(C)C)CC1. The molecule has 0 radical (unpaired) electrons. The van der Waals surface area contributed by atoms with Gasteiger partial charge in [0.05, 0.1) is 6.54 Å². The van der Waals surface area contributed by atoms with E-state index in [0.717, 1.165) is 25.9 Å². The van der Waals surface area contributed by atoms with Crippen molar-refractivity contribution in [3.8, 4) is 0 Å². The van der Waals surface area contributed by atoms with Crippen LogP contribution in [0.4, 0.5) is 0 Å². The Morgan fingerprint density at radius 2 is 1.94 bits per heavy atom. The molecule has 1 rings (SSSR count). The predicted molar refractivity (Wildman–Crippen MR) is 70.7 cm³/mol. The van der Waals surface area contributed by atoms with Crippen LogP contribution in [0.5, 0.6) is 0 Å². The van der Waals surface area contributed by atoms with Crippen molar-refractivity contribution in [2.24, 2.45) is 11.7 Å². The lowest BCUT2D eigenvalue weighted by atomic mass is 9.91. The molecule has 4 nitrogen and oxygen atoms in total. The van der Waals surface area contributed by atoms with E-state index in [1.54, 1.807) is 0 Å². The summed E-state index contributed by atoms with van der Waals surface area (Å²) in [4.78, 5) is 14.0. The third-order valence-corrected chi connectivity index (χ3v) is 3.26. The Kier molecular flexibility index (Phi) is 4.95. The van der Waals surface area contributed by atoms with Gasteiger partial charge in [-0.2, -0.15) is 0 Å². The van der Waals surface area contributed by atoms with Crippen LogP contribution in [0.2, 0.25) is 0 Å². The minimum absolute atomic E-state index is 0.122. The number of amides is 1. The van der Waals surface area contributed by atoms with Gasteiger partial charge in [0.2, 0.25) is 5.91 Å². The van der Waals surface area contributed by atoms with Crippen LogP contribution >= 0.6 is 0 Å². The van der Waals surface area contributed by atoms with Crippen LogP contribution in [-0.2, 0) is 4.79 Å². The molecule has 3 N–H and O–H groups in total. The molecule has 1 aliphatic heterocycles. The smallest absolute Gasteiger partial charge is 0.234 e. The monoisotopic (exact) mass is 241 g/mol. The van der Waals surface area contributed by atoms with Crippen molar-refractivity contribution in [1.82, 2.24) is 10.2 Å². The van der Waals surface area contributed by atoms with E-state index in [9.17, 15) is 4.79 Å². The standard InChI is InChI=1S/C13H27N3O/c1-10(14)11-5-7-16(8-6-11)9-12(17)15-13(2,3)4/h10-11H,5-9,14H2,1-4H3,(H,15,17). The summed E-state index contributed by atoms with van der Waals surface area (Å²) < 4.78 is 0. The van der Waals surface area contributed by atoms with E-state index >= 15 is 0 Å². The van der Waals surface area contributed by atoms with Gasteiger partial charge in [0.1, 0.15) is 0 Å². The van der Waals surface area contributed by atoms with Gasteiger partial charge >= 0.3 is 0 Å². The van der Waals surface area contributed by atoms with Gasteiger partial charge in [-0.05, 0) is 59.5 Å². The lowest BCUT2D eigenvalue weighted by molar-refractivity contribution is -0.124. The van der Waals surface area contributed by atoms with Crippen LogP contribution in [0.3, 0.4) is 0 Å². The third-order valence-electron chi connectivity index (χ3n) is 3.26. The maximum atomic E-state index is 11.8. The Bertz CT molecular complexity index is 250. The fraction of sp³-hybridized carbons (Fsp3) is 0.923. The van der Waals surface area contributed by atoms with E-state index in [1.807, 2.05) is 20.8 Å². The highest BCUT2D eigenvalue weighted by Crippen LogP contribution is 2.19. The molecule has 0 aromatic carbocycles. The molecule has 1 heterocycles. The Balaban J connectivity index is 2.29. The summed E-state index contributed by atoms with van der Waals surface area (Å²) in [6.07, 6.45) is 2.22. The Hall–Kier alpha value is -0.610. The maximum Gasteiger partial charge on any atom is 0.234 e. The Morgan fingerprint density at radius 1 is 1.41 bits per heavy atom. The highest BCUT2D eigenvalue weighted by molar-refractivity contribution is 5.78. The van der Waals surface area contributed by atoms with E-state index in [2.05, 4.69) is 17.1 Å². The van der Waals surface area contributed by atoms with Crippen LogP contribution in [-0.4, -0.2) is 42.0 Å². The topological polar surface area (TPSA) is 58.4 Å². The second-order valence-electron chi connectivity index (χ2n) is 6.27. The van der Waals surface area contributed by atoms with E-state index in [4.69, 9.17) is 5.73 Å². The molecule has 0 aromatic rings. The summed E-state index contributed by atoms with van der Waals surface area (Å²) in [7, 11) is 0. The molecule has 17 heavy (non-hydrogen) atoms. The van der Waals surface area contributed by atoms with E-state index in [0.29, 0.717) is 12.5 Å². The third kappa shape index (κ3) is 5.50. The fourth-order valence-electron chi connectivity index (χ4n) is 2.30. The van der Waals surface area contributed by atoms with E-state index in [1.165, 1.54) is 0 Å². The minimum atomic E-state index is -0.138. The molecular formula is C13H27N3O. The van der Waals surface area contributed by atoms with Crippen molar-refractivity contribution >= 4 is 5.91 Å². The van der Waals surface area contributed by atoms with Crippen molar-refractivity contribution in [2.45, 2.75) is 52.1 Å². The molecule has 100 valence electrons. The zero-order chi connectivity index (χ0) is 13.1. The van der Waals surface area contributed by atoms with Crippen molar-refractivity contribution < 1.29 is 4.79 Å². The summed E-state index contributed by atoms with van der Waals surface area (Å²) in [5.41, 5.74) is 5.76. The van der Waals surface area contributed by atoms with Gasteiger partial charge in [-0.1, -0.05) is 0 Å². The van der Waals surface area contributed by atoms with Crippen molar-refractivity contribution in [1.29, 1.82) is 0 Å². The number of hydrogen-bond donors (Lipinski definition) is 2. The van der Waals surface area contributed by atoms with Gasteiger partial charge in [0.25, 0.3) is 0 Å². The molecule has 1 unspecified atom stereocenters. The molecule has 0 bridgehead atoms. The second-order valence-corrected chi connectivity index (χ2v) is 6.27. The van der Waals surface area contributed by atoms with Crippen LogP contribution in [0.1, 0.15) is 40.5 Å². The summed E-state index contributed by atoms with van der Waals surface area (Å²) in [6.45, 7) is 10.6. The number of carbonyl (C=O) groups excluding carboxylic acids is 1. The number of nitrogens with two attached hydrogens (primary N) is 1. The molecule has 0 aromatic heterocycles. The van der Waals surface area contributed by atoms with Crippen molar-refractivity contribution in [3.05, 3.63) is 0 Å². The van der Waals surface area contributed by atoms with Gasteiger partial charge in [-0.3, -0.25) is 9.69 Å². The molecule has 1 aliphatic rings. The first-order valence-corrected chi connectivity index (χ1v) is 6.57. The largest absolute Gasteiger partial charge is 0.350 e. The summed E-state index contributed by atoms with van der Waals surface area (Å²) in [5, 5.41) is 3.00. The number of likely N-dealkylation sites (tertiary alicyclic amines) is 1.